The maximum absolute atomic E-state index is 12.3. The fourth-order valence-electron chi connectivity index (χ4n) is 6.60. The van der Waals surface area contributed by atoms with Crippen LogP contribution in [0.2, 0.25) is 0 Å². The number of ether oxygens (including phenoxy) is 11. The van der Waals surface area contributed by atoms with E-state index in [4.69, 9.17) is 52.1 Å². The molecule has 0 atom stereocenters. The third kappa shape index (κ3) is 26.1. The monoisotopic (exact) mass is 862 g/mol. The van der Waals surface area contributed by atoms with E-state index in [9.17, 15) is 9.59 Å². The van der Waals surface area contributed by atoms with Gasteiger partial charge in [-0.25, -0.2) is 4.79 Å². The van der Waals surface area contributed by atoms with Gasteiger partial charge in [-0.1, -0.05) is 107 Å². The maximum atomic E-state index is 12.3. The molecule has 346 valence electrons. The molecule has 2 aromatic rings. The summed E-state index contributed by atoms with van der Waals surface area (Å²) in [5.41, 5.74) is 4.77. The molecule has 1 aliphatic rings. The van der Waals surface area contributed by atoms with E-state index < -0.39 is 6.09 Å². The quantitative estimate of drug-likeness (QED) is 0.0534. The van der Waals surface area contributed by atoms with E-state index in [-0.39, 0.29) is 25.1 Å². The smallest absolute Gasteiger partial charge is 0.407 e. The van der Waals surface area contributed by atoms with E-state index in [1.165, 1.54) is 67.2 Å². The molecular formula is C47H75NO13. The molecule has 1 N–H and O–H groups in total. The van der Waals surface area contributed by atoms with Crippen LogP contribution in [0.25, 0.3) is 11.1 Å². The number of hydrogen-bond donors (Lipinski definition) is 1. The molecule has 14 nitrogen and oxygen atoms in total. The van der Waals surface area contributed by atoms with Crippen LogP contribution in [0, 0.1) is 0 Å². The molecule has 1 aliphatic carbocycles. The zero-order valence-corrected chi connectivity index (χ0v) is 36.9. The summed E-state index contributed by atoms with van der Waals surface area (Å²) in [6.07, 6.45) is 11.1. The van der Waals surface area contributed by atoms with Crippen molar-refractivity contribution in [3.05, 3.63) is 59.7 Å². The Morgan fingerprint density at radius 1 is 0.443 bits per heavy atom. The Kier molecular flexibility index (Phi) is 32.0. The second-order valence-electron chi connectivity index (χ2n) is 14.6. The van der Waals surface area contributed by atoms with Crippen LogP contribution in [0.4, 0.5) is 4.79 Å². The molecule has 3 rings (SSSR count). The number of fused-ring (bicyclic) bond motifs is 3. The Bertz CT molecular complexity index is 1320. The average molecular weight is 862 g/mol. The Morgan fingerprint density at radius 3 is 1.23 bits per heavy atom. The van der Waals surface area contributed by atoms with Gasteiger partial charge in [0.1, 0.15) is 13.2 Å². The van der Waals surface area contributed by atoms with Gasteiger partial charge in [-0.05, 0) is 28.7 Å². The van der Waals surface area contributed by atoms with Crippen molar-refractivity contribution in [3.8, 4) is 11.1 Å². The molecule has 0 saturated heterocycles. The third-order valence-corrected chi connectivity index (χ3v) is 9.81. The first-order valence-electron chi connectivity index (χ1n) is 22.6. The van der Waals surface area contributed by atoms with Gasteiger partial charge in [0, 0.05) is 18.9 Å². The summed E-state index contributed by atoms with van der Waals surface area (Å²) < 4.78 is 60.3. The Balaban J connectivity index is 0.928. The van der Waals surface area contributed by atoms with E-state index in [0.29, 0.717) is 132 Å². The second-order valence-corrected chi connectivity index (χ2v) is 14.6. The summed E-state index contributed by atoms with van der Waals surface area (Å²) in [4.78, 5) is 24.1. The molecule has 2 aromatic carbocycles. The summed E-state index contributed by atoms with van der Waals surface area (Å²) in [6.45, 7) is 11.4. The Labute approximate surface area is 364 Å². The van der Waals surface area contributed by atoms with Crippen molar-refractivity contribution in [2.75, 3.05) is 139 Å². The first kappa shape index (κ1) is 52.2. The average Bonchev–Trinajstić information content (AvgIpc) is 3.60. The molecule has 0 aliphatic heterocycles. The second kappa shape index (κ2) is 37.4. The molecule has 0 spiro atoms. The topological polar surface area (TPSA) is 148 Å². The molecule has 0 bridgehead atoms. The summed E-state index contributed by atoms with van der Waals surface area (Å²) in [7, 11) is 0. The number of benzene rings is 2. The number of rotatable bonds is 42. The minimum atomic E-state index is -0.454. The van der Waals surface area contributed by atoms with Gasteiger partial charge in [0.25, 0.3) is 0 Å². The fraction of sp³-hybridized carbons (Fsp3) is 0.702. The van der Waals surface area contributed by atoms with E-state index in [1.54, 1.807) is 0 Å². The standard InChI is InChI=1S/C47H75NO13/c1-2-3-4-5-6-7-8-9-10-19-46(49)60-39-38-59-37-36-58-35-34-57-33-32-56-31-30-55-29-28-54-27-26-53-25-24-52-23-22-51-21-20-48-47(50)61-40-45-43-17-13-11-15-41(43)42-16-12-14-18-44(42)45/h11-18,45H,2-10,19-40H2,1H3,(H,48,50). The molecule has 14 heteroatoms. The largest absolute Gasteiger partial charge is 0.463 e. The minimum absolute atomic E-state index is 0.0341. The number of alkyl carbamates (subject to hydrolysis) is 1. The highest BCUT2D eigenvalue weighted by molar-refractivity contribution is 5.79. The Morgan fingerprint density at radius 2 is 0.803 bits per heavy atom. The Hall–Kier alpha value is -3.18. The van der Waals surface area contributed by atoms with Crippen molar-refractivity contribution in [1.29, 1.82) is 0 Å². The lowest BCUT2D eigenvalue weighted by Gasteiger charge is -2.14. The predicted molar refractivity (Wildman–Crippen MR) is 233 cm³/mol. The maximum Gasteiger partial charge on any atom is 0.407 e. The molecule has 0 radical (unpaired) electrons. The van der Waals surface area contributed by atoms with E-state index >= 15 is 0 Å². The van der Waals surface area contributed by atoms with Gasteiger partial charge in [0.2, 0.25) is 0 Å². The van der Waals surface area contributed by atoms with Crippen molar-refractivity contribution >= 4 is 12.1 Å². The lowest BCUT2D eigenvalue weighted by atomic mass is 9.98. The van der Waals surface area contributed by atoms with Gasteiger partial charge >= 0.3 is 12.1 Å². The van der Waals surface area contributed by atoms with Crippen LogP contribution in [0.1, 0.15) is 88.2 Å². The first-order chi connectivity index (χ1) is 30.2. The number of carbonyl (C=O) groups is 2. The molecular weight excluding hydrogens is 787 g/mol. The lowest BCUT2D eigenvalue weighted by molar-refractivity contribution is -0.145. The van der Waals surface area contributed by atoms with Gasteiger partial charge in [-0.2, -0.15) is 0 Å². The molecule has 0 aromatic heterocycles. The summed E-state index contributed by atoms with van der Waals surface area (Å²) in [5.74, 6) is -0.107. The zero-order chi connectivity index (χ0) is 43.1. The molecule has 0 heterocycles. The van der Waals surface area contributed by atoms with Gasteiger partial charge < -0.3 is 57.4 Å². The molecule has 0 unspecified atom stereocenters. The fourth-order valence-corrected chi connectivity index (χ4v) is 6.60. The van der Waals surface area contributed by atoms with Gasteiger partial charge in [0.05, 0.1) is 119 Å². The highest BCUT2D eigenvalue weighted by atomic mass is 16.6. The first-order valence-corrected chi connectivity index (χ1v) is 22.6. The highest BCUT2D eigenvalue weighted by Gasteiger charge is 2.29. The van der Waals surface area contributed by atoms with Gasteiger partial charge in [-0.15, -0.1) is 0 Å². The number of carbonyl (C=O) groups excluding carboxylic acids is 2. The molecule has 61 heavy (non-hydrogen) atoms. The molecule has 0 saturated carbocycles. The van der Waals surface area contributed by atoms with Crippen molar-refractivity contribution < 1.29 is 61.7 Å². The summed E-state index contributed by atoms with van der Waals surface area (Å²) in [6, 6.07) is 16.5. The summed E-state index contributed by atoms with van der Waals surface area (Å²) >= 11 is 0. The van der Waals surface area contributed by atoms with E-state index in [0.717, 1.165) is 12.8 Å². The number of hydrogen-bond acceptors (Lipinski definition) is 13. The van der Waals surface area contributed by atoms with Crippen LogP contribution in [-0.4, -0.2) is 151 Å². The number of amides is 1. The van der Waals surface area contributed by atoms with Crippen LogP contribution in [0.5, 0.6) is 0 Å². The van der Waals surface area contributed by atoms with E-state index in [1.807, 2.05) is 24.3 Å². The van der Waals surface area contributed by atoms with E-state index in [2.05, 4.69) is 36.5 Å². The number of nitrogens with one attached hydrogen (secondary N) is 1. The van der Waals surface area contributed by atoms with Crippen molar-refractivity contribution in [1.82, 2.24) is 5.32 Å². The number of unbranched alkanes of at least 4 members (excludes halogenated alkanes) is 8. The zero-order valence-electron chi connectivity index (χ0n) is 36.9. The lowest BCUT2D eigenvalue weighted by Crippen LogP contribution is -2.29. The highest BCUT2D eigenvalue weighted by Crippen LogP contribution is 2.44. The van der Waals surface area contributed by atoms with Crippen LogP contribution in [0.15, 0.2) is 48.5 Å². The molecule has 1 amide bonds. The van der Waals surface area contributed by atoms with Crippen molar-refractivity contribution in [2.24, 2.45) is 0 Å². The summed E-state index contributed by atoms with van der Waals surface area (Å²) in [5, 5.41) is 2.75. The van der Waals surface area contributed by atoms with Crippen molar-refractivity contribution in [2.45, 2.75) is 77.0 Å². The normalized spacial score (nSPS) is 12.1. The predicted octanol–water partition coefficient (Wildman–Crippen LogP) is 7.14. The van der Waals surface area contributed by atoms with Crippen LogP contribution in [-0.2, 0) is 56.9 Å². The molecule has 0 fully saturated rings. The van der Waals surface area contributed by atoms with Gasteiger partial charge in [0.15, 0.2) is 0 Å². The van der Waals surface area contributed by atoms with Crippen LogP contribution >= 0.6 is 0 Å². The SMILES string of the molecule is CCCCCCCCCCCC(=O)OCCOCCOCCOCCOCCOCCOCCOCCOCCOCCNC(=O)OCC1c2ccccc2-c2ccccc21. The third-order valence-electron chi connectivity index (χ3n) is 9.81. The minimum Gasteiger partial charge on any atom is -0.463 e. The van der Waals surface area contributed by atoms with Gasteiger partial charge in [-0.3, -0.25) is 4.79 Å². The number of esters is 1. The van der Waals surface area contributed by atoms with Crippen LogP contribution < -0.4 is 5.32 Å². The van der Waals surface area contributed by atoms with Crippen LogP contribution in [0.3, 0.4) is 0 Å². The van der Waals surface area contributed by atoms with Crippen molar-refractivity contribution in [3.63, 3.8) is 0 Å².